The maximum absolute atomic E-state index is 6.23. The first-order valence-electron chi connectivity index (χ1n) is 9.87. The molecule has 0 bridgehead atoms. The predicted molar refractivity (Wildman–Crippen MR) is 101 cm³/mol. The SMILES string of the molecule is Clc1ccc2c(c1)CNCc1nnc([C@H]3CC[C@H](OC4CCC4)CC3)n1-2. The Hall–Kier alpha value is -1.43. The van der Waals surface area contributed by atoms with Gasteiger partial charge in [-0.25, -0.2) is 0 Å². The number of nitrogens with one attached hydrogen (secondary N) is 1. The highest BCUT2D eigenvalue weighted by molar-refractivity contribution is 6.30. The minimum Gasteiger partial charge on any atom is -0.375 e. The van der Waals surface area contributed by atoms with Gasteiger partial charge in [0.2, 0.25) is 0 Å². The second kappa shape index (κ2) is 6.95. The molecule has 2 aliphatic carbocycles. The summed E-state index contributed by atoms with van der Waals surface area (Å²) >= 11 is 6.21. The number of rotatable bonds is 3. The molecule has 6 heteroatoms. The van der Waals surface area contributed by atoms with E-state index in [9.17, 15) is 0 Å². The highest BCUT2D eigenvalue weighted by Gasteiger charge is 2.31. The van der Waals surface area contributed by atoms with Crippen molar-refractivity contribution in [3.63, 3.8) is 0 Å². The van der Waals surface area contributed by atoms with Crippen molar-refractivity contribution in [2.45, 2.75) is 76.2 Å². The van der Waals surface area contributed by atoms with Crippen LogP contribution in [0.5, 0.6) is 0 Å². The molecule has 2 saturated carbocycles. The van der Waals surface area contributed by atoms with E-state index in [0.717, 1.165) is 55.4 Å². The second-order valence-corrected chi connectivity index (χ2v) is 8.29. The molecular weight excluding hydrogens is 348 g/mol. The summed E-state index contributed by atoms with van der Waals surface area (Å²) in [5.74, 6) is 2.56. The normalized spacial score (nSPS) is 25.9. The van der Waals surface area contributed by atoms with Crippen molar-refractivity contribution in [2.24, 2.45) is 0 Å². The summed E-state index contributed by atoms with van der Waals surface area (Å²) in [5.41, 5.74) is 2.38. The monoisotopic (exact) mass is 372 g/mol. The summed E-state index contributed by atoms with van der Waals surface area (Å²) in [7, 11) is 0. The largest absolute Gasteiger partial charge is 0.375 e. The third kappa shape index (κ3) is 3.06. The van der Waals surface area contributed by atoms with E-state index in [0.29, 0.717) is 18.1 Å². The number of hydrogen-bond donors (Lipinski definition) is 1. The number of ether oxygens (including phenoxy) is 1. The smallest absolute Gasteiger partial charge is 0.151 e. The van der Waals surface area contributed by atoms with E-state index in [1.165, 1.54) is 30.5 Å². The lowest BCUT2D eigenvalue weighted by Crippen LogP contribution is -2.30. The molecule has 0 spiro atoms. The van der Waals surface area contributed by atoms with Gasteiger partial charge in [-0.2, -0.15) is 0 Å². The highest BCUT2D eigenvalue weighted by atomic mass is 35.5. The van der Waals surface area contributed by atoms with Crippen LogP contribution in [0.25, 0.3) is 5.69 Å². The van der Waals surface area contributed by atoms with Crippen molar-refractivity contribution < 1.29 is 4.74 Å². The average molecular weight is 373 g/mol. The lowest BCUT2D eigenvalue weighted by molar-refractivity contribution is -0.0666. The molecule has 1 aliphatic heterocycles. The molecular formula is C20H25ClN4O. The molecule has 1 aromatic carbocycles. The van der Waals surface area contributed by atoms with Gasteiger partial charge in [0.05, 0.1) is 24.4 Å². The maximum Gasteiger partial charge on any atom is 0.151 e. The summed E-state index contributed by atoms with van der Waals surface area (Å²) in [4.78, 5) is 0. The van der Waals surface area contributed by atoms with Gasteiger partial charge >= 0.3 is 0 Å². The van der Waals surface area contributed by atoms with Gasteiger partial charge in [-0.3, -0.25) is 4.57 Å². The van der Waals surface area contributed by atoms with E-state index in [1.54, 1.807) is 0 Å². The van der Waals surface area contributed by atoms with Crippen LogP contribution in [0.15, 0.2) is 18.2 Å². The number of hydrogen-bond acceptors (Lipinski definition) is 4. The Labute approximate surface area is 159 Å². The summed E-state index contributed by atoms with van der Waals surface area (Å²) in [6.07, 6.45) is 9.35. The first-order valence-corrected chi connectivity index (χ1v) is 10.2. The van der Waals surface area contributed by atoms with Crippen molar-refractivity contribution in [1.29, 1.82) is 0 Å². The Bertz CT molecular complexity index is 793. The standard InChI is InChI=1S/C20H25ClN4O/c21-15-6-9-18-14(10-15)11-22-12-19-23-24-20(25(18)19)13-4-7-17(8-5-13)26-16-2-1-3-16/h6,9-10,13,16-17,22H,1-5,7-8,11-12H2/t13-,17-. The van der Waals surface area contributed by atoms with Crippen molar-refractivity contribution in [3.05, 3.63) is 40.4 Å². The second-order valence-electron chi connectivity index (χ2n) is 7.85. The van der Waals surface area contributed by atoms with Crippen LogP contribution in [-0.4, -0.2) is 27.0 Å². The number of fused-ring (bicyclic) bond motifs is 3. The molecule has 2 aromatic rings. The molecule has 26 heavy (non-hydrogen) atoms. The van der Waals surface area contributed by atoms with Gasteiger partial charge in [-0.1, -0.05) is 11.6 Å². The van der Waals surface area contributed by atoms with Gasteiger partial charge in [0.15, 0.2) is 5.82 Å². The van der Waals surface area contributed by atoms with Crippen LogP contribution in [0.2, 0.25) is 5.02 Å². The molecule has 0 atom stereocenters. The fourth-order valence-corrected chi connectivity index (χ4v) is 4.63. The molecule has 0 saturated heterocycles. The fourth-order valence-electron chi connectivity index (χ4n) is 4.43. The molecule has 2 heterocycles. The average Bonchev–Trinajstić information content (AvgIpc) is 2.94. The van der Waals surface area contributed by atoms with Gasteiger partial charge < -0.3 is 10.1 Å². The molecule has 5 rings (SSSR count). The van der Waals surface area contributed by atoms with Gasteiger partial charge in [-0.15, -0.1) is 10.2 Å². The van der Waals surface area contributed by atoms with E-state index in [2.05, 4.69) is 26.1 Å². The Morgan fingerprint density at radius 3 is 2.58 bits per heavy atom. The predicted octanol–water partition coefficient (Wildman–Crippen LogP) is 4.12. The van der Waals surface area contributed by atoms with E-state index in [4.69, 9.17) is 16.3 Å². The molecule has 0 amide bonds. The van der Waals surface area contributed by atoms with Crippen LogP contribution < -0.4 is 5.32 Å². The molecule has 138 valence electrons. The number of halogens is 1. The van der Waals surface area contributed by atoms with Gasteiger partial charge in [0.1, 0.15) is 5.82 Å². The minimum absolute atomic E-state index is 0.441. The van der Waals surface area contributed by atoms with Gasteiger partial charge in [0.25, 0.3) is 0 Å². The van der Waals surface area contributed by atoms with Crippen molar-refractivity contribution in [1.82, 2.24) is 20.1 Å². The molecule has 5 nitrogen and oxygen atoms in total. The van der Waals surface area contributed by atoms with E-state index in [1.807, 2.05) is 12.1 Å². The zero-order valence-corrected chi connectivity index (χ0v) is 15.7. The first-order chi connectivity index (χ1) is 12.8. The first kappa shape index (κ1) is 16.7. The van der Waals surface area contributed by atoms with Crippen LogP contribution in [0, 0.1) is 0 Å². The van der Waals surface area contributed by atoms with E-state index < -0.39 is 0 Å². The number of nitrogens with zero attached hydrogens (tertiary/aromatic N) is 3. The van der Waals surface area contributed by atoms with Crippen LogP contribution in [0.1, 0.15) is 68.1 Å². The summed E-state index contributed by atoms with van der Waals surface area (Å²) in [6, 6.07) is 6.11. The fraction of sp³-hybridized carbons (Fsp3) is 0.600. The van der Waals surface area contributed by atoms with Gasteiger partial charge in [0, 0.05) is 17.5 Å². The van der Waals surface area contributed by atoms with Crippen LogP contribution >= 0.6 is 11.6 Å². The molecule has 0 unspecified atom stereocenters. The van der Waals surface area contributed by atoms with Crippen LogP contribution in [0.3, 0.4) is 0 Å². The number of benzene rings is 1. The lowest BCUT2D eigenvalue weighted by atomic mass is 9.86. The van der Waals surface area contributed by atoms with Crippen molar-refractivity contribution >= 4 is 11.6 Å². The molecule has 0 radical (unpaired) electrons. The van der Waals surface area contributed by atoms with Gasteiger partial charge in [-0.05, 0) is 68.7 Å². The third-order valence-corrected chi connectivity index (χ3v) is 6.35. The zero-order valence-electron chi connectivity index (χ0n) is 15.0. The highest BCUT2D eigenvalue weighted by Crippen LogP contribution is 2.37. The quantitative estimate of drug-likeness (QED) is 0.880. The van der Waals surface area contributed by atoms with E-state index in [-0.39, 0.29) is 0 Å². The lowest BCUT2D eigenvalue weighted by Gasteiger charge is -2.34. The Kier molecular flexibility index (Phi) is 4.47. The summed E-state index contributed by atoms with van der Waals surface area (Å²) < 4.78 is 8.49. The Morgan fingerprint density at radius 2 is 1.81 bits per heavy atom. The maximum atomic E-state index is 6.23. The molecule has 1 N–H and O–H groups in total. The third-order valence-electron chi connectivity index (χ3n) is 6.11. The topological polar surface area (TPSA) is 52.0 Å². The molecule has 2 fully saturated rings. The van der Waals surface area contributed by atoms with Crippen LogP contribution in [0.4, 0.5) is 0 Å². The number of aromatic nitrogens is 3. The summed E-state index contributed by atoms with van der Waals surface area (Å²) in [5, 5.41) is 13.3. The Morgan fingerprint density at radius 1 is 1.00 bits per heavy atom. The van der Waals surface area contributed by atoms with Crippen molar-refractivity contribution in [3.8, 4) is 5.69 Å². The molecule has 3 aliphatic rings. The minimum atomic E-state index is 0.441. The van der Waals surface area contributed by atoms with E-state index >= 15 is 0 Å². The summed E-state index contributed by atoms with van der Waals surface area (Å²) in [6.45, 7) is 1.54. The van der Waals surface area contributed by atoms with Crippen LogP contribution in [-0.2, 0) is 17.8 Å². The zero-order chi connectivity index (χ0) is 17.5. The molecule has 1 aromatic heterocycles. The Balaban J connectivity index is 1.39. The van der Waals surface area contributed by atoms with Crippen molar-refractivity contribution in [2.75, 3.05) is 0 Å².